The van der Waals surface area contributed by atoms with Crippen molar-refractivity contribution in [1.82, 2.24) is 14.7 Å². The van der Waals surface area contributed by atoms with Gasteiger partial charge in [-0.2, -0.15) is 0 Å². The Morgan fingerprint density at radius 2 is 2.31 bits per heavy atom. The minimum absolute atomic E-state index is 0.282. The van der Waals surface area contributed by atoms with E-state index in [1.165, 1.54) is 0 Å². The summed E-state index contributed by atoms with van der Waals surface area (Å²) >= 11 is 0. The van der Waals surface area contributed by atoms with Crippen molar-refractivity contribution < 1.29 is 0 Å². The van der Waals surface area contributed by atoms with Crippen molar-refractivity contribution in [3.8, 4) is 0 Å². The first-order valence-corrected chi connectivity index (χ1v) is 6.14. The normalized spacial score (nSPS) is 27.2. The molecule has 1 aliphatic rings. The predicted octanol–water partition coefficient (Wildman–Crippen LogP) is 1.61. The summed E-state index contributed by atoms with van der Waals surface area (Å²) in [7, 11) is 5.64. The van der Waals surface area contributed by atoms with E-state index in [2.05, 4.69) is 20.1 Å². The molecule has 2 atom stereocenters. The number of hydrogen-bond acceptors (Lipinski definition) is 3. The van der Waals surface area contributed by atoms with Crippen molar-refractivity contribution in [3.05, 3.63) is 23.8 Å². The summed E-state index contributed by atoms with van der Waals surface area (Å²) < 4.78 is 3.17. The predicted molar refractivity (Wildman–Crippen MR) is 57.0 cm³/mol. The van der Waals surface area contributed by atoms with Crippen LogP contribution in [0.5, 0.6) is 0 Å². The molecule has 3 nitrogen and oxygen atoms in total. The average molecular weight is 216 g/mol. The molecule has 2 unspecified atom stereocenters. The Hall–Kier alpha value is -0.450. The van der Waals surface area contributed by atoms with E-state index in [0.717, 1.165) is 17.9 Å². The van der Waals surface area contributed by atoms with Gasteiger partial charge in [0, 0.05) is 24.9 Å². The van der Waals surface area contributed by atoms with E-state index in [4.69, 9.17) is 10.7 Å². The zero-order chi connectivity index (χ0) is 9.26. The zero-order valence-corrected chi connectivity index (χ0v) is 8.77. The molecule has 0 saturated carbocycles. The van der Waals surface area contributed by atoms with Gasteiger partial charge >= 0.3 is 0 Å². The standard InChI is InChI=1S/C8H10ClN3S/c1-6-8(11-3-2-10-6)7-4-12-13(9)5-7/h2-3,5,7,12H,4H2,1H3. The Balaban J connectivity index is 2.31. The van der Waals surface area contributed by atoms with Crippen molar-refractivity contribution in [2.75, 3.05) is 6.54 Å². The SMILES string of the molecule is Cc1nccnc1C1C=S(Cl)NC1. The summed E-state index contributed by atoms with van der Waals surface area (Å²) in [6.45, 7) is 2.84. The van der Waals surface area contributed by atoms with Gasteiger partial charge in [0.25, 0.3) is 0 Å². The maximum atomic E-state index is 5.92. The van der Waals surface area contributed by atoms with Gasteiger partial charge in [-0.05, 0) is 32.9 Å². The number of aromatic nitrogens is 2. The highest BCUT2D eigenvalue weighted by Crippen LogP contribution is 2.26. The maximum Gasteiger partial charge on any atom is 0.0703 e. The second-order valence-corrected chi connectivity index (χ2v) is 5.03. The molecule has 1 aliphatic heterocycles. The molecule has 0 saturated heterocycles. The summed E-state index contributed by atoms with van der Waals surface area (Å²) in [4.78, 5) is 8.51. The van der Waals surface area contributed by atoms with E-state index in [1.54, 1.807) is 12.4 Å². The van der Waals surface area contributed by atoms with E-state index in [9.17, 15) is 0 Å². The Bertz CT molecular complexity index is 353. The molecule has 1 N–H and O–H groups in total. The van der Waals surface area contributed by atoms with Crippen LogP contribution in [0.2, 0.25) is 0 Å². The second kappa shape index (κ2) is 3.74. The maximum absolute atomic E-state index is 5.92. The summed E-state index contributed by atoms with van der Waals surface area (Å²) in [5.74, 6) is 0.314. The highest BCUT2D eigenvalue weighted by atomic mass is 35.7. The van der Waals surface area contributed by atoms with Gasteiger partial charge in [-0.3, -0.25) is 14.7 Å². The van der Waals surface area contributed by atoms with Crippen LogP contribution >= 0.6 is 20.6 Å². The molecule has 0 amide bonds. The first-order valence-electron chi connectivity index (χ1n) is 4.02. The van der Waals surface area contributed by atoms with Gasteiger partial charge in [-0.25, -0.2) is 0 Å². The summed E-state index contributed by atoms with van der Waals surface area (Å²) in [5.41, 5.74) is 2.02. The van der Waals surface area contributed by atoms with Crippen LogP contribution in [0.3, 0.4) is 0 Å². The van der Waals surface area contributed by atoms with Gasteiger partial charge in [-0.1, -0.05) is 0 Å². The quantitative estimate of drug-likeness (QED) is 0.724. The fraction of sp³-hybridized carbons (Fsp3) is 0.375. The molecule has 13 heavy (non-hydrogen) atoms. The van der Waals surface area contributed by atoms with Crippen LogP contribution in [0.4, 0.5) is 0 Å². The lowest BCUT2D eigenvalue weighted by molar-refractivity contribution is 0.822. The lowest BCUT2D eigenvalue weighted by atomic mass is 10.1. The van der Waals surface area contributed by atoms with Gasteiger partial charge in [0.15, 0.2) is 0 Å². The molecule has 0 fully saturated rings. The van der Waals surface area contributed by atoms with Gasteiger partial charge in [0.1, 0.15) is 0 Å². The van der Waals surface area contributed by atoms with Crippen molar-refractivity contribution in [2.24, 2.45) is 0 Å². The van der Waals surface area contributed by atoms with E-state index in [1.807, 2.05) is 6.92 Å². The lowest BCUT2D eigenvalue weighted by Gasteiger charge is -2.07. The van der Waals surface area contributed by atoms with Crippen LogP contribution in [-0.2, 0) is 0 Å². The Morgan fingerprint density at radius 3 is 2.92 bits per heavy atom. The summed E-state index contributed by atoms with van der Waals surface area (Å²) in [5, 5.41) is 2.08. The molecule has 70 valence electrons. The fourth-order valence-corrected chi connectivity index (χ4v) is 2.86. The molecular weight excluding hydrogens is 206 g/mol. The van der Waals surface area contributed by atoms with E-state index in [-0.39, 0.29) is 9.88 Å². The molecule has 0 aliphatic carbocycles. The number of nitrogens with one attached hydrogen (secondary N) is 1. The summed E-state index contributed by atoms with van der Waals surface area (Å²) in [6, 6.07) is 0. The first kappa shape index (κ1) is 9.12. The Kier molecular flexibility index (Phi) is 2.62. The highest BCUT2D eigenvalue weighted by Gasteiger charge is 2.18. The molecule has 0 bridgehead atoms. The Morgan fingerprint density at radius 1 is 1.54 bits per heavy atom. The first-order chi connectivity index (χ1) is 6.27. The van der Waals surface area contributed by atoms with Crippen molar-refractivity contribution in [2.45, 2.75) is 12.8 Å². The third kappa shape index (κ3) is 1.90. The van der Waals surface area contributed by atoms with Crippen LogP contribution in [0.1, 0.15) is 17.3 Å². The minimum atomic E-state index is -0.282. The number of nitrogens with zero attached hydrogens (tertiary/aromatic N) is 2. The van der Waals surface area contributed by atoms with Crippen LogP contribution in [-0.4, -0.2) is 21.9 Å². The lowest BCUT2D eigenvalue weighted by Crippen LogP contribution is -2.11. The number of aryl methyl sites for hydroxylation is 1. The van der Waals surface area contributed by atoms with Gasteiger partial charge in [0.2, 0.25) is 0 Å². The largest absolute Gasteiger partial charge is 0.258 e. The number of hydrogen-bond donors (Lipinski definition) is 1. The van der Waals surface area contributed by atoms with Gasteiger partial charge in [-0.15, -0.1) is 0 Å². The van der Waals surface area contributed by atoms with E-state index < -0.39 is 0 Å². The zero-order valence-electron chi connectivity index (χ0n) is 7.20. The molecule has 0 aromatic carbocycles. The Labute approximate surface area is 84.1 Å². The molecular formula is C8H10ClN3S. The highest BCUT2D eigenvalue weighted by molar-refractivity contribution is 8.33. The molecule has 0 radical (unpaired) electrons. The molecule has 1 aromatic rings. The molecule has 5 heteroatoms. The second-order valence-electron chi connectivity index (χ2n) is 2.90. The molecule has 2 heterocycles. The van der Waals surface area contributed by atoms with Crippen LogP contribution in [0.25, 0.3) is 0 Å². The molecule has 1 aromatic heterocycles. The van der Waals surface area contributed by atoms with Crippen molar-refractivity contribution >= 4 is 25.9 Å². The van der Waals surface area contributed by atoms with Gasteiger partial charge < -0.3 is 0 Å². The van der Waals surface area contributed by atoms with Gasteiger partial charge in [0.05, 0.1) is 11.4 Å². The topological polar surface area (TPSA) is 37.8 Å². The average Bonchev–Trinajstić information content (AvgIpc) is 2.53. The third-order valence-electron chi connectivity index (χ3n) is 2.00. The number of halogens is 1. The van der Waals surface area contributed by atoms with E-state index in [0.29, 0.717) is 5.92 Å². The minimum Gasteiger partial charge on any atom is -0.258 e. The van der Waals surface area contributed by atoms with Crippen LogP contribution < -0.4 is 4.72 Å². The smallest absolute Gasteiger partial charge is 0.0703 e. The van der Waals surface area contributed by atoms with Crippen molar-refractivity contribution in [3.63, 3.8) is 0 Å². The third-order valence-corrected chi connectivity index (χ3v) is 3.64. The van der Waals surface area contributed by atoms with Crippen LogP contribution in [0.15, 0.2) is 12.4 Å². The molecule has 0 spiro atoms. The van der Waals surface area contributed by atoms with E-state index >= 15 is 0 Å². The van der Waals surface area contributed by atoms with Crippen LogP contribution in [0, 0.1) is 6.92 Å². The fourth-order valence-electron chi connectivity index (χ4n) is 1.35. The van der Waals surface area contributed by atoms with Crippen molar-refractivity contribution in [1.29, 1.82) is 0 Å². The monoisotopic (exact) mass is 215 g/mol. The summed E-state index contributed by atoms with van der Waals surface area (Å²) in [6.07, 6.45) is 3.43. The molecule has 2 rings (SSSR count). The number of rotatable bonds is 1.